The van der Waals surface area contributed by atoms with Crippen molar-refractivity contribution in [3.8, 4) is 0 Å². The van der Waals surface area contributed by atoms with Gasteiger partial charge in [0.15, 0.2) is 22.8 Å². The van der Waals surface area contributed by atoms with Crippen LogP contribution in [0.3, 0.4) is 0 Å². The molecule has 0 bridgehead atoms. The van der Waals surface area contributed by atoms with E-state index >= 15 is 0 Å². The number of nitrogens with zero attached hydrogens (tertiary/aromatic N) is 6. The molecule has 0 saturated heterocycles. The van der Waals surface area contributed by atoms with Crippen LogP contribution >= 0.6 is 0 Å². The second-order valence-electron chi connectivity index (χ2n) is 7.57. The predicted octanol–water partition coefficient (Wildman–Crippen LogP) is 4.48. The van der Waals surface area contributed by atoms with Crippen LogP contribution in [0.4, 0.5) is 17.6 Å². The highest BCUT2D eigenvalue weighted by Gasteiger charge is 2.21. The third kappa shape index (κ3) is 3.94. The number of rotatable bonds is 6. The van der Waals surface area contributed by atoms with Gasteiger partial charge in [-0.05, 0) is 18.4 Å². The van der Waals surface area contributed by atoms with E-state index in [4.69, 9.17) is 9.97 Å². The molecule has 3 heterocycles. The third-order valence-corrected chi connectivity index (χ3v) is 5.50. The molecule has 2 N–H and O–H groups in total. The summed E-state index contributed by atoms with van der Waals surface area (Å²) >= 11 is 0. The lowest BCUT2D eigenvalue weighted by molar-refractivity contribution is 0.358. The van der Waals surface area contributed by atoms with E-state index in [1.54, 1.807) is 18.6 Å². The zero-order valence-electron chi connectivity index (χ0n) is 16.7. The molecule has 1 fully saturated rings. The van der Waals surface area contributed by atoms with Gasteiger partial charge in [-0.3, -0.25) is 4.98 Å². The van der Waals surface area contributed by atoms with Gasteiger partial charge < -0.3 is 15.2 Å². The summed E-state index contributed by atoms with van der Waals surface area (Å²) in [6, 6.07) is 10.7. The van der Waals surface area contributed by atoms with Crippen LogP contribution in [0.15, 0.2) is 55.2 Å². The number of fused-ring (bicyclic) bond motifs is 1. The molecule has 0 radical (unpaired) electrons. The first-order valence-electron chi connectivity index (χ1n) is 10.4. The Balaban J connectivity index is 1.51. The van der Waals surface area contributed by atoms with Crippen LogP contribution in [-0.4, -0.2) is 29.5 Å². The van der Waals surface area contributed by atoms with E-state index in [-0.39, 0.29) is 0 Å². The molecule has 4 aromatic rings. The normalized spacial score (nSPS) is 14.7. The molecule has 8 heteroatoms. The van der Waals surface area contributed by atoms with Crippen molar-refractivity contribution in [2.24, 2.45) is 0 Å². The quantitative estimate of drug-likeness (QED) is 0.493. The first-order chi connectivity index (χ1) is 14.9. The lowest BCUT2D eigenvalue weighted by Gasteiger charge is -2.23. The summed E-state index contributed by atoms with van der Waals surface area (Å²) < 4.78 is 2.21. The van der Waals surface area contributed by atoms with Crippen molar-refractivity contribution in [3.05, 3.63) is 60.8 Å². The molecule has 5 rings (SSSR count). The van der Waals surface area contributed by atoms with Gasteiger partial charge in [-0.1, -0.05) is 49.6 Å². The van der Waals surface area contributed by atoms with Gasteiger partial charge in [0.05, 0.1) is 12.5 Å². The average Bonchev–Trinajstić information content (AvgIpc) is 3.23. The molecule has 3 aromatic heterocycles. The second-order valence-corrected chi connectivity index (χ2v) is 7.57. The summed E-state index contributed by atoms with van der Waals surface area (Å²) in [6.07, 6.45) is 13.0. The number of hydrogen-bond donors (Lipinski definition) is 2. The summed E-state index contributed by atoms with van der Waals surface area (Å²) in [5, 5.41) is 6.62. The maximum absolute atomic E-state index is 4.79. The molecule has 1 saturated carbocycles. The molecular formula is C22H24N8. The van der Waals surface area contributed by atoms with Gasteiger partial charge in [0.1, 0.15) is 0 Å². The number of nitrogens with one attached hydrogen (secondary N) is 2. The fraction of sp³-hybridized carbons (Fsp3) is 0.318. The van der Waals surface area contributed by atoms with E-state index in [0.29, 0.717) is 30.2 Å². The predicted molar refractivity (Wildman–Crippen MR) is 117 cm³/mol. The lowest BCUT2D eigenvalue weighted by atomic mass is 9.95. The first-order valence-corrected chi connectivity index (χ1v) is 10.4. The van der Waals surface area contributed by atoms with Gasteiger partial charge in [0.25, 0.3) is 0 Å². The average molecular weight is 400 g/mol. The van der Waals surface area contributed by atoms with Crippen LogP contribution in [0.25, 0.3) is 11.2 Å². The van der Waals surface area contributed by atoms with Crippen molar-refractivity contribution >= 4 is 28.7 Å². The summed E-state index contributed by atoms with van der Waals surface area (Å²) in [5.74, 6) is 1.80. The summed E-state index contributed by atoms with van der Waals surface area (Å²) in [4.78, 5) is 22.5. The highest BCUT2D eigenvalue weighted by Crippen LogP contribution is 2.32. The fourth-order valence-corrected chi connectivity index (χ4v) is 3.98. The second kappa shape index (κ2) is 8.44. The first kappa shape index (κ1) is 18.5. The van der Waals surface area contributed by atoms with E-state index in [2.05, 4.69) is 42.3 Å². The molecule has 30 heavy (non-hydrogen) atoms. The Bertz CT molecular complexity index is 1100. The van der Waals surface area contributed by atoms with E-state index in [9.17, 15) is 0 Å². The topological polar surface area (TPSA) is 93.4 Å². The van der Waals surface area contributed by atoms with Gasteiger partial charge in [-0.2, -0.15) is 9.97 Å². The molecule has 8 nitrogen and oxygen atoms in total. The minimum absolute atomic E-state index is 0.435. The molecule has 1 aliphatic carbocycles. The number of anilines is 3. The zero-order chi connectivity index (χ0) is 20.2. The molecular weight excluding hydrogens is 376 g/mol. The number of imidazole rings is 1. The SMILES string of the molecule is c1ccc(CNc2nc(Nc3cnccn3)nc3c2ncn3C2CCCCC2)cc1. The molecule has 0 aliphatic heterocycles. The van der Waals surface area contributed by atoms with Crippen LogP contribution in [-0.2, 0) is 6.54 Å². The minimum Gasteiger partial charge on any atom is -0.364 e. The maximum atomic E-state index is 4.79. The minimum atomic E-state index is 0.435. The van der Waals surface area contributed by atoms with Crippen LogP contribution < -0.4 is 10.6 Å². The molecule has 0 spiro atoms. The van der Waals surface area contributed by atoms with E-state index in [1.807, 2.05) is 24.5 Å². The zero-order valence-corrected chi connectivity index (χ0v) is 16.7. The Morgan fingerprint density at radius 1 is 0.967 bits per heavy atom. The van der Waals surface area contributed by atoms with E-state index in [1.165, 1.54) is 24.8 Å². The Hall–Kier alpha value is -3.55. The Morgan fingerprint density at radius 3 is 2.63 bits per heavy atom. The number of aromatic nitrogens is 6. The van der Waals surface area contributed by atoms with E-state index < -0.39 is 0 Å². The highest BCUT2D eigenvalue weighted by atomic mass is 15.2. The molecule has 152 valence electrons. The van der Waals surface area contributed by atoms with Gasteiger partial charge >= 0.3 is 0 Å². The Kier molecular flexibility index (Phi) is 5.20. The van der Waals surface area contributed by atoms with Crippen molar-refractivity contribution in [3.63, 3.8) is 0 Å². The van der Waals surface area contributed by atoms with Gasteiger partial charge in [-0.15, -0.1) is 0 Å². The van der Waals surface area contributed by atoms with Crippen molar-refractivity contribution < 1.29 is 0 Å². The number of hydrogen-bond acceptors (Lipinski definition) is 7. The van der Waals surface area contributed by atoms with Gasteiger partial charge in [0, 0.05) is 25.0 Å². The van der Waals surface area contributed by atoms with Crippen molar-refractivity contribution in [1.29, 1.82) is 0 Å². The smallest absolute Gasteiger partial charge is 0.232 e. The molecule has 0 unspecified atom stereocenters. The van der Waals surface area contributed by atoms with Crippen molar-refractivity contribution in [2.75, 3.05) is 10.6 Å². The summed E-state index contributed by atoms with van der Waals surface area (Å²) in [6.45, 7) is 0.661. The lowest BCUT2D eigenvalue weighted by Crippen LogP contribution is -2.13. The highest BCUT2D eigenvalue weighted by molar-refractivity contribution is 5.84. The van der Waals surface area contributed by atoms with Crippen LogP contribution in [0.1, 0.15) is 43.7 Å². The van der Waals surface area contributed by atoms with Crippen molar-refractivity contribution in [2.45, 2.75) is 44.7 Å². The summed E-state index contributed by atoms with van der Waals surface area (Å²) in [5.41, 5.74) is 2.82. The van der Waals surface area contributed by atoms with Crippen LogP contribution in [0.2, 0.25) is 0 Å². The Morgan fingerprint density at radius 2 is 1.83 bits per heavy atom. The van der Waals surface area contributed by atoms with E-state index in [0.717, 1.165) is 24.0 Å². The molecule has 1 aromatic carbocycles. The largest absolute Gasteiger partial charge is 0.364 e. The van der Waals surface area contributed by atoms with Crippen molar-refractivity contribution in [1.82, 2.24) is 29.5 Å². The monoisotopic (exact) mass is 400 g/mol. The molecule has 0 amide bonds. The Labute approximate surface area is 174 Å². The molecule has 0 atom stereocenters. The van der Waals surface area contributed by atoms with Gasteiger partial charge in [0.2, 0.25) is 5.95 Å². The fourth-order valence-electron chi connectivity index (χ4n) is 3.98. The number of benzene rings is 1. The van der Waals surface area contributed by atoms with Crippen LogP contribution in [0.5, 0.6) is 0 Å². The third-order valence-electron chi connectivity index (χ3n) is 5.50. The standard InChI is InChI=1S/C22H24N8/c1-3-7-16(8-4-1)13-25-20-19-21(30(15-26-19)17-9-5-2-6-10-17)29-22(28-20)27-18-14-23-11-12-24-18/h1,3-4,7-8,11-12,14-15,17H,2,5-6,9-10,13H2,(H2,24,25,27,28,29). The van der Waals surface area contributed by atoms with Gasteiger partial charge in [-0.25, -0.2) is 9.97 Å². The van der Waals surface area contributed by atoms with Crippen LogP contribution in [0, 0.1) is 0 Å². The molecule has 1 aliphatic rings. The maximum Gasteiger partial charge on any atom is 0.232 e. The summed E-state index contributed by atoms with van der Waals surface area (Å²) in [7, 11) is 0.